The van der Waals surface area contributed by atoms with Gasteiger partial charge < -0.3 is 17.7 Å². The number of rotatable bonds is 4. The van der Waals surface area contributed by atoms with Crippen LogP contribution in [0, 0.1) is 27.7 Å². The summed E-state index contributed by atoms with van der Waals surface area (Å²) in [6.07, 6.45) is 1.74. The Morgan fingerprint density at radius 3 is 1.03 bits per heavy atom. The highest BCUT2D eigenvalue weighted by molar-refractivity contribution is 5.79. The van der Waals surface area contributed by atoms with Crippen LogP contribution in [0.2, 0.25) is 0 Å². The summed E-state index contributed by atoms with van der Waals surface area (Å²) in [4.78, 5) is 20.8. The zero-order chi connectivity index (χ0) is 49.0. The first-order chi connectivity index (χ1) is 32.5. The fourth-order valence-corrected chi connectivity index (χ4v) is 11.3. The second-order valence-corrected chi connectivity index (χ2v) is 23.0. The predicted octanol–water partition coefficient (Wildman–Crippen LogP) is 14.8. The van der Waals surface area contributed by atoms with Crippen LogP contribution in [0.1, 0.15) is 138 Å². The molecule has 0 unspecified atom stereocenters. The third-order valence-electron chi connectivity index (χ3n) is 14.5. The maximum atomic E-state index is 7.03. The standard InChI is InChI=1S/C61H64N4O4/c1-35-21-19-22-36(2)51(35)64-55-56(65-52-37(3)23-20-24-38(52)4)69-50-32-44-42(30-48(50)68-55)60(13,14)34-61(44)33-59(11,12)41-29-47-49(31-43(41)61)67-54(63-46-28-18-16-26-40(46)58(8,9)10)53(66-47)62-45-27-17-15-25-39(45)57(5,6)7/h15-32H,33-34H2,1-14H3/t61-/m0/s1. The van der Waals surface area contributed by atoms with Crippen molar-refractivity contribution >= 4 is 45.1 Å². The van der Waals surface area contributed by atoms with Crippen molar-refractivity contribution in [2.75, 3.05) is 0 Å². The van der Waals surface area contributed by atoms with Gasteiger partial charge in [0.2, 0.25) is 0 Å². The number of benzene rings is 6. The Balaban J connectivity index is 1.23. The van der Waals surface area contributed by atoms with Crippen molar-refractivity contribution in [3.8, 4) is 0 Å². The molecule has 0 fully saturated rings. The van der Waals surface area contributed by atoms with Gasteiger partial charge in [0.1, 0.15) is 0 Å². The van der Waals surface area contributed by atoms with Crippen molar-refractivity contribution in [3.63, 3.8) is 0 Å². The normalized spacial score (nSPS) is 18.5. The minimum Gasteiger partial charge on any atom is -0.431 e. The zero-order valence-corrected chi connectivity index (χ0v) is 42.7. The predicted molar refractivity (Wildman–Crippen MR) is 276 cm³/mol. The third-order valence-corrected chi connectivity index (χ3v) is 14.5. The van der Waals surface area contributed by atoms with Crippen molar-refractivity contribution in [2.45, 2.75) is 137 Å². The Labute approximate surface area is 405 Å². The molecule has 0 saturated carbocycles. The quantitative estimate of drug-likeness (QED) is 0.175. The number of para-hydroxylation sites is 4. The van der Waals surface area contributed by atoms with Gasteiger partial charge in [-0.3, -0.25) is 0 Å². The van der Waals surface area contributed by atoms with Gasteiger partial charge in [-0.25, -0.2) is 20.0 Å². The minimum atomic E-state index is -0.388. The number of hydrogen-bond acceptors (Lipinski definition) is 8. The van der Waals surface area contributed by atoms with Gasteiger partial charge in [0, 0.05) is 5.41 Å². The first-order valence-corrected chi connectivity index (χ1v) is 24.3. The topological polar surface area (TPSA) is 102 Å². The highest BCUT2D eigenvalue weighted by Crippen LogP contribution is 2.63. The van der Waals surface area contributed by atoms with E-state index >= 15 is 0 Å². The van der Waals surface area contributed by atoms with Gasteiger partial charge in [-0.1, -0.05) is 142 Å². The highest BCUT2D eigenvalue weighted by Gasteiger charge is 2.57. The van der Waals surface area contributed by atoms with Crippen molar-refractivity contribution in [1.82, 2.24) is 0 Å². The fraction of sp³-hybridized carbons (Fsp3) is 0.344. The molecule has 0 radical (unpaired) electrons. The first-order valence-electron chi connectivity index (χ1n) is 24.3. The molecule has 0 amide bonds. The molecule has 0 N–H and O–H groups in total. The van der Waals surface area contributed by atoms with Crippen molar-refractivity contribution < 1.29 is 17.7 Å². The molecule has 8 aromatic rings. The molecule has 0 saturated heterocycles. The van der Waals surface area contributed by atoms with Crippen LogP contribution in [0.15, 0.2) is 147 Å². The largest absolute Gasteiger partial charge is 0.431 e. The van der Waals surface area contributed by atoms with E-state index in [0.717, 1.165) is 69.0 Å². The summed E-state index contributed by atoms with van der Waals surface area (Å²) in [5.41, 5.74) is 17.1. The van der Waals surface area contributed by atoms with Gasteiger partial charge in [-0.2, -0.15) is 0 Å². The van der Waals surface area contributed by atoms with Gasteiger partial charge in [-0.15, -0.1) is 0 Å². The van der Waals surface area contributed by atoms with Gasteiger partial charge >= 0.3 is 0 Å². The van der Waals surface area contributed by atoms with E-state index in [0.29, 0.717) is 44.5 Å². The molecule has 1 spiro atoms. The molecule has 8 nitrogen and oxygen atoms in total. The molecule has 2 aliphatic rings. The minimum absolute atomic E-state index is 0.157. The second kappa shape index (κ2) is 16.1. The number of hydrogen-bond donors (Lipinski definition) is 0. The zero-order valence-electron chi connectivity index (χ0n) is 42.7. The van der Waals surface area contributed by atoms with Gasteiger partial charge in [0.15, 0.2) is 22.3 Å². The van der Waals surface area contributed by atoms with E-state index in [1.807, 2.05) is 36.4 Å². The van der Waals surface area contributed by atoms with Gasteiger partial charge in [0.25, 0.3) is 22.2 Å². The van der Waals surface area contributed by atoms with E-state index < -0.39 is 0 Å². The molecule has 2 aliphatic carbocycles. The number of nitrogens with zero attached hydrogens (tertiary/aromatic N) is 4. The molecular formula is C61H64N4O4. The van der Waals surface area contributed by atoms with E-state index in [1.165, 1.54) is 22.3 Å². The van der Waals surface area contributed by atoms with Crippen LogP contribution in [0.3, 0.4) is 0 Å². The lowest BCUT2D eigenvalue weighted by Gasteiger charge is -2.30. The summed E-state index contributed by atoms with van der Waals surface area (Å²) < 4.78 is 27.8. The number of aryl methyl sites for hydroxylation is 4. The highest BCUT2D eigenvalue weighted by atomic mass is 16.4. The molecule has 6 aromatic carbocycles. The maximum Gasteiger partial charge on any atom is 0.284 e. The molecule has 352 valence electrons. The third kappa shape index (κ3) is 8.05. The van der Waals surface area contributed by atoms with Crippen LogP contribution in [-0.2, 0) is 27.1 Å². The van der Waals surface area contributed by atoms with Crippen LogP contribution in [0.4, 0.5) is 22.7 Å². The van der Waals surface area contributed by atoms with Gasteiger partial charge in [-0.05, 0) is 154 Å². The van der Waals surface area contributed by atoms with Crippen LogP contribution < -0.4 is 22.2 Å². The van der Waals surface area contributed by atoms with Crippen molar-refractivity contribution in [2.24, 2.45) is 20.0 Å². The van der Waals surface area contributed by atoms with Crippen LogP contribution in [-0.4, -0.2) is 0 Å². The molecule has 2 heterocycles. The number of fused-ring (bicyclic) bond motifs is 6. The van der Waals surface area contributed by atoms with Crippen LogP contribution in [0.5, 0.6) is 0 Å². The average molecular weight is 917 g/mol. The lowest BCUT2D eigenvalue weighted by Crippen LogP contribution is -2.27. The van der Waals surface area contributed by atoms with Crippen LogP contribution in [0.25, 0.3) is 22.3 Å². The summed E-state index contributed by atoms with van der Waals surface area (Å²) in [5.74, 6) is 0. The van der Waals surface area contributed by atoms with Gasteiger partial charge in [0.05, 0.1) is 22.7 Å². The smallest absolute Gasteiger partial charge is 0.284 e. The molecule has 0 bridgehead atoms. The molecule has 69 heavy (non-hydrogen) atoms. The van der Waals surface area contributed by atoms with E-state index in [-0.39, 0.29) is 27.1 Å². The summed E-state index contributed by atoms with van der Waals surface area (Å²) in [7, 11) is 0. The summed E-state index contributed by atoms with van der Waals surface area (Å²) in [6, 6.07) is 37.6. The van der Waals surface area contributed by atoms with E-state index in [1.54, 1.807) is 0 Å². The Kier molecular flexibility index (Phi) is 10.8. The second-order valence-electron chi connectivity index (χ2n) is 23.0. The average Bonchev–Trinajstić information content (AvgIpc) is 3.62. The Bertz CT molecular complexity index is 3670. The van der Waals surface area contributed by atoms with Crippen molar-refractivity contribution in [1.29, 1.82) is 0 Å². The summed E-state index contributed by atoms with van der Waals surface area (Å²) in [6.45, 7) is 30.8. The fourth-order valence-electron chi connectivity index (χ4n) is 11.3. The molecule has 10 rings (SSSR count). The summed E-state index contributed by atoms with van der Waals surface area (Å²) >= 11 is 0. The lowest BCUT2D eigenvalue weighted by molar-refractivity contribution is 0.349. The van der Waals surface area contributed by atoms with Crippen molar-refractivity contribution in [3.05, 3.63) is 187 Å². The van der Waals surface area contributed by atoms with E-state index in [9.17, 15) is 0 Å². The SMILES string of the molecule is Cc1cccc(C)c1N=c1oc2cc3c(cc2oc1=Nc1c(C)cccc1C)[C@@]1(CC(C)(C)c2cc4oc(=Nc5ccccc5C(C)(C)C)c(=Nc5ccccc5C(C)(C)C)oc4cc21)CC3(C)C. The lowest BCUT2D eigenvalue weighted by atomic mass is 9.72. The molecule has 0 aliphatic heterocycles. The maximum absolute atomic E-state index is 7.03. The Hall–Kier alpha value is -6.80. The Morgan fingerprint density at radius 2 is 0.696 bits per heavy atom. The molecule has 1 atom stereocenters. The molecular weight excluding hydrogens is 853 g/mol. The van der Waals surface area contributed by atoms with E-state index in [2.05, 4.69) is 170 Å². The molecule has 8 heteroatoms. The van der Waals surface area contributed by atoms with E-state index in [4.69, 9.17) is 37.6 Å². The molecule has 2 aromatic heterocycles. The first kappa shape index (κ1) is 46.0. The van der Waals surface area contributed by atoms with Crippen LogP contribution >= 0.6 is 0 Å². The Morgan fingerprint density at radius 1 is 0.391 bits per heavy atom. The monoisotopic (exact) mass is 916 g/mol. The summed E-state index contributed by atoms with van der Waals surface area (Å²) in [5, 5.41) is 0.